The molecule has 1 aromatic carbocycles. The van der Waals surface area contributed by atoms with Gasteiger partial charge in [0.15, 0.2) is 5.75 Å². The zero-order valence-electron chi connectivity index (χ0n) is 11.1. The Morgan fingerprint density at radius 3 is 2.67 bits per heavy atom. The maximum Gasteiger partial charge on any atom is 0.573 e. The number of para-hydroxylation sites is 2. The molecular weight excluding hydrogens is 285 g/mol. The molecule has 0 aromatic heterocycles. The number of carbonyl (C=O) groups is 1. The van der Waals surface area contributed by atoms with Crippen LogP contribution in [-0.4, -0.2) is 24.4 Å². The Morgan fingerprint density at radius 2 is 2.05 bits per heavy atom. The number of hydrogen-bond acceptors (Lipinski definition) is 3. The van der Waals surface area contributed by atoms with E-state index < -0.39 is 12.1 Å². The number of carbonyl (C=O) groups excluding carboxylic acids is 1. The van der Waals surface area contributed by atoms with Crippen molar-refractivity contribution in [2.75, 3.05) is 5.32 Å². The lowest BCUT2D eigenvalue weighted by molar-refractivity contribution is -0.274. The molecule has 2 aliphatic rings. The largest absolute Gasteiger partial charge is 0.573 e. The first-order valence-electron chi connectivity index (χ1n) is 6.84. The molecule has 2 heterocycles. The topological polar surface area (TPSA) is 50.4 Å². The minimum Gasteiger partial charge on any atom is -0.404 e. The Morgan fingerprint density at radius 1 is 1.29 bits per heavy atom. The molecule has 2 saturated heterocycles. The highest BCUT2D eigenvalue weighted by molar-refractivity contribution is 5.94. The lowest BCUT2D eigenvalue weighted by atomic mass is 9.88. The van der Waals surface area contributed by atoms with Crippen molar-refractivity contribution in [2.45, 2.75) is 37.7 Å². The molecule has 4 nitrogen and oxygen atoms in total. The van der Waals surface area contributed by atoms with Crippen LogP contribution in [0, 0.1) is 5.92 Å². The van der Waals surface area contributed by atoms with Crippen molar-refractivity contribution in [2.24, 2.45) is 5.92 Å². The lowest BCUT2D eigenvalue weighted by Crippen LogP contribution is -2.33. The van der Waals surface area contributed by atoms with Gasteiger partial charge in [0.2, 0.25) is 5.91 Å². The number of nitrogens with one attached hydrogen (secondary N) is 2. The number of anilines is 1. The van der Waals surface area contributed by atoms with Crippen LogP contribution >= 0.6 is 0 Å². The minimum absolute atomic E-state index is 0.0441. The van der Waals surface area contributed by atoms with Gasteiger partial charge < -0.3 is 15.4 Å². The second kappa shape index (κ2) is 5.22. The third kappa shape index (κ3) is 3.12. The summed E-state index contributed by atoms with van der Waals surface area (Å²) in [7, 11) is 0. The van der Waals surface area contributed by atoms with Gasteiger partial charge in [-0.3, -0.25) is 4.79 Å². The quantitative estimate of drug-likeness (QED) is 0.902. The van der Waals surface area contributed by atoms with Crippen LogP contribution in [0.25, 0.3) is 0 Å². The van der Waals surface area contributed by atoms with Gasteiger partial charge in [0, 0.05) is 12.1 Å². The summed E-state index contributed by atoms with van der Waals surface area (Å²) in [6.45, 7) is 0. The van der Waals surface area contributed by atoms with Gasteiger partial charge in [0.05, 0.1) is 11.6 Å². The van der Waals surface area contributed by atoms with E-state index in [0.717, 1.165) is 19.3 Å². The van der Waals surface area contributed by atoms with E-state index in [4.69, 9.17) is 0 Å². The highest BCUT2D eigenvalue weighted by Gasteiger charge is 2.43. The highest BCUT2D eigenvalue weighted by atomic mass is 19.4. The van der Waals surface area contributed by atoms with E-state index >= 15 is 0 Å². The van der Waals surface area contributed by atoms with Crippen LogP contribution in [0.3, 0.4) is 0 Å². The summed E-state index contributed by atoms with van der Waals surface area (Å²) in [5.74, 6) is -0.843. The molecule has 21 heavy (non-hydrogen) atoms. The van der Waals surface area contributed by atoms with Crippen molar-refractivity contribution in [1.29, 1.82) is 0 Å². The van der Waals surface area contributed by atoms with Crippen molar-refractivity contribution in [1.82, 2.24) is 5.32 Å². The fourth-order valence-electron chi connectivity index (χ4n) is 3.12. The number of rotatable bonds is 3. The summed E-state index contributed by atoms with van der Waals surface area (Å²) in [6.07, 6.45) is -2.06. The highest BCUT2D eigenvalue weighted by Crippen LogP contribution is 2.35. The molecule has 0 saturated carbocycles. The predicted molar refractivity (Wildman–Crippen MR) is 69.8 cm³/mol. The standard InChI is InChI=1S/C14H15F3N2O2/c15-14(16,17)21-12-4-2-1-3-11(12)19-13(20)9-7-8-5-6-10(9)18-8/h1-4,8-10,18H,5-7H2,(H,19,20). The van der Waals surface area contributed by atoms with Crippen molar-refractivity contribution in [3.8, 4) is 5.75 Å². The number of alkyl halides is 3. The molecule has 3 unspecified atom stereocenters. The zero-order chi connectivity index (χ0) is 15.0. The van der Waals surface area contributed by atoms with Gasteiger partial charge in [-0.1, -0.05) is 12.1 Å². The molecule has 0 aliphatic carbocycles. The number of halogens is 3. The van der Waals surface area contributed by atoms with Crippen LogP contribution < -0.4 is 15.4 Å². The van der Waals surface area contributed by atoms with Crippen LogP contribution in [0.1, 0.15) is 19.3 Å². The van der Waals surface area contributed by atoms with E-state index in [1.807, 2.05) is 0 Å². The average molecular weight is 300 g/mol. The summed E-state index contributed by atoms with van der Waals surface area (Å²) in [4.78, 5) is 12.2. The van der Waals surface area contributed by atoms with Crippen LogP contribution in [-0.2, 0) is 4.79 Å². The monoisotopic (exact) mass is 300 g/mol. The van der Waals surface area contributed by atoms with Crippen LogP contribution in [0.4, 0.5) is 18.9 Å². The fraction of sp³-hybridized carbons (Fsp3) is 0.500. The maximum absolute atomic E-state index is 12.3. The van der Waals surface area contributed by atoms with Crippen LogP contribution in [0.2, 0.25) is 0 Å². The first-order valence-corrected chi connectivity index (χ1v) is 6.84. The molecule has 3 atom stereocenters. The lowest BCUT2D eigenvalue weighted by Gasteiger charge is -2.20. The van der Waals surface area contributed by atoms with Crippen molar-refractivity contribution >= 4 is 11.6 Å². The number of fused-ring (bicyclic) bond motifs is 2. The average Bonchev–Trinajstić information content (AvgIpc) is 3.01. The Kier molecular flexibility index (Phi) is 3.52. The summed E-state index contributed by atoms with van der Waals surface area (Å²) in [5.41, 5.74) is 0.0441. The molecule has 0 radical (unpaired) electrons. The smallest absolute Gasteiger partial charge is 0.404 e. The predicted octanol–water partition coefficient (Wildman–Crippen LogP) is 2.66. The molecule has 1 aromatic rings. The molecule has 2 fully saturated rings. The maximum atomic E-state index is 12.3. The molecule has 7 heteroatoms. The van der Waals surface area contributed by atoms with E-state index in [1.54, 1.807) is 6.07 Å². The molecular formula is C14H15F3N2O2. The number of benzene rings is 1. The van der Waals surface area contributed by atoms with Gasteiger partial charge >= 0.3 is 6.36 Å². The third-order valence-corrected chi connectivity index (χ3v) is 4.01. The molecule has 2 bridgehead atoms. The molecule has 2 aliphatic heterocycles. The molecule has 2 N–H and O–H groups in total. The van der Waals surface area contributed by atoms with Crippen LogP contribution in [0.15, 0.2) is 24.3 Å². The van der Waals surface area contributed by atoms with Gasteiger partial charge in [0.25, 0.3) is 0 Å². The van der Waals surface area contributed by atoms with Gasteiger partial charge in [-0.25, -0.2) is 0 Å². The Labute approximate surface area is 119 Å². The number of amides is 1. The third-order valence-electron chi connectivity index (χ3n) is 4.01. The Balaban J connectivity index is 1.71. The summed E-state index contributed by atoms with van der Waals surface area (Å²) in [5, 5.41) is 5.88. The Hall–Kier alpha value is -1.76. The Bertz CT molecular complexity index is 547. The van der Waals surface area contributed by atoms with Crippen molar-refractivity contribution in [3.63, 3.8) is 0 Å². The number of hydrogen-bond donors (Lipinski definition) is 2. The van der Waals surface area contributed by atoms with Gasteiger partial charge in [0.1, 0.15) is 0 Å². The number of ether oxygens (including phenoxy) is 1. The van der Waals surface area contributed by atoms with Gasteiger partial charge in [-0.05, 0) is 31.4 Å². The second-order valence-corrected chi connectivity index (χ2v) is 5.42. The van der Waals surface area contributed by atoms with E-state index in [9.17, 15) is 18.0 Å². The van der Waals surface area contributed by atoms with Crippen molar-refractivity contribution < 1.29 is 22.7 Å². The summed E-state index contributed by atoms with van der Waals surface area (Å²) in [6, 6.07) is 6.05. The van der Waals surface area contributed by atoms with E-state index in [-0.39, 0.29) is 23.6 Å². The molecule has 3 rings (SSSR count). The summed E-state index contributed by atoms with van der Waals surface area (Å²) < 4.78 is 40.9. The van der Waals surface area contributed by atoms with Crippen molar-refractivity contribution in [3.05, 3.63) is 24.3 Å². The first kappa shape index (κ1) is 14.2. The van der Waals surface area contributed by atoms with E-state index in [0.29, 0.717) is 6.04 Å². The zero-order valence-corrected chi connectivity index (χ0v) is 11.1. The van der Waals surface area contributed by atoms with Gasteiger partial charge in [-0.15, -0.1) is 13.2 Å². The second-order valence-electron chi connectivity index (χ2n) is 5.42. The summed E-state index contributed by atoms with van der Waals surface area (Å²) >= 11 is 0. The van der Waals surface area contributed by atoms with Gasteiger partial charge in [-0.2, -0.15) is 0 Å². The SMILES string of the molecule is O=C(Nc1ccccc1OC(F)(F)F)C1CC2CCC1N2. The normalized spacial score (nSPS) is 27.7. The fourth-order valence-corrected chi connectivity index (χ4v) is 3.12. The van der Waals surface area contributed by atoms with E-state index in [2.05, 4.69) is 15.4 Å². The first-order chi connectivity index (χ1) is 9.92. The van der Waals surface area contributed by atoms with E-state index in [1.165, 1.54) is 18.2 Å². The van der Waals surface area contributed by atoms with Crippen LogP contribution in [0.5, 0.6) is 5.75 Å². The molecule has 114 valence electrons. The molecule has 1 amide bonds. The molecule has 0 spiro atoms. The minimum atomic E-state index is -4.78.